The summed E-state index contributed by atoms with van der Waals surface area (Å²) in [5.74, 6) is 0.530. The molecule has 0 unspecified atom stereocenters. The van der Waals surface area contributed by atoms with Crippen molar-refractivity contribution in [3.8, 4) is 0 Å². The van der Waals surface area contributed by atoms with Gasteiger partial charge in [0.2, 0.25) is 0 Å². The first kappa shape index (κ1) is 16.1. The first-order valence-electron chi connectivity index (χ1n) is 9.02. The number of rotatable bonds is 4. The predicted molar refractivity (Wildman–Crippen MR) is 92.6 cm³/mol. The van der Waals surface area contributed by atoms with E-state index in [0.717, 1.165) is 67.8 Å². The van der Waals surface area contributed by atoms with Crippen LogP contribution in [0.25, 0.3) is 0 Å². The van der Waals surface area contributed by atoms with Crippen LogP contribution in [0.3, 0.4) is 0 Å². The van der Waals surface area contributed by atoms with Crippen LogP contribution in [0.2, 0.25) is 0 Å². The van der Waals surface area contributed by atoms with E-state index in [1.54, 1.807) is 0 Å². The number of anilines is 1. The van der Waals surface area contributed by atoms with Crippen molar-refractivity contribution >= 4 is 11.8 Å². The summed E-state index contributed by atoms with van der Waals surface area (Å²) in [6.07, 6.45) is 6.19. The third kappa shape index (κ3) is 3.23. The zero-order chi connectivity index (χ0) is 17.2. The highest BCUT2D eigenvalue weighted by molar-refractivity contribution is 5.89. The lowest BCUT2D eigenvalue weighted by molar-refractivity contribution is 0.0474. The number of hydrogen-bond donors (Lipinski definition) is 1. The average molecular weight is 341 g/mol. The van der Waals surface area contributed by atoms with Crippen molar-refractivity contribution in [2.24, 2.45) is 0 Å². The highest BCUT2D eigenvalue weighted by atomic mass is 16.5. The summed E-state index contributed by atoms with van der Waals surface area (Å²) in [5.41, 5.74) is 3.50. The molecule has 1 atom stereocenters. The maximum absolute atomic E-state index is 12.5. The van der Waals surface area contributed by atoms with Gasteiger partial charge in [-0.05, 0) is 57.6 Å². The van der Waals surface area contributed by atoms with Crippen LogP contribution in [-0.2, 0) is 17.6 Å². The van der Waals surface area contributed by atoms with Crippen LogP contribution in [0.5, 0.6) is 0 Å². The van der Waals surface area contributed by atoms with E-state index in [9.17, 15) is 4.79 Å². The van der Waals surface area contributed by atoms with Gasteiger partial charge >= 0.3 is 5.97 Å². The van der Waals surface area contributed by atoms with E-state index < -0.39 is 0 Å². The molecule has 3 heterocycles. The first-order chi connectivity index (χ1) is 12.2. The summed E-state index contributed by atoms with van der Waals surface area (Å²) >= 11 is 0. The van der Waals surface area contributed by atoms with Crippen molar-refractivity contribution < 1.29 is 9.53 Å². The first-order valence-corrected chi connectivity index (χ1v) is 9.02. The van der Waals surface area contributed by atoms with Gasteiger partial charge in [-0.15, -0.1) is 5.10 Å². The highest BCUT2D eigenvalue weighted by Crippen LogP contribution is 2.25. The Morgan fingerprint density at radius 2 is 2.16 bits per heavy atom. The fourth-order valence-corrected chi connectivity index (χ4v) is 3.75. The van der Waals surface area contributed by atoms with Crippen LogP contribution in [-0.4, -0.2) is 45.6 Å². The van der Waals surface area contributed by atoms with Gasteiger partial charge in [-0.3, -0.25) is 5.10 Å². The Hall–Kier alpha value is -2.44. The molecule has 7 nitrogen and oxygen atoms in total. The number of carbonyl (C=O) groups excluding carboxylic acids is 1. The smallest absolute Gasteiger partial charge is 0.359 e. The molecule has 25 heavy (non-hydrogen) atoms. The normalized spacial score (nSPS) is 19.7. The minimum Gasteiger partial charge on any atom is -0.459 e. The summed E-state index contributed by atoms with van der Waals surface area (Å²) in [5, 5.41) is 15.6. The number of ether oxygens (including phenoxy) is 1. The number of fused-ring (bicyclic) bond motifs is 1. The minimum atomic E-state index is -0.318. The lowest BCUT2D eigenvalue weighted by Gasteiger charge is -2.24. The number of esters is 1. The van der Waals surface area contributed by atoms with Crippen LogP contribution < -0.4 is 4.90 Å². The van der Waals surface area contributed by atoms with Crippen molar-refractivity contribution in [2.75, 3.05) is 18.1 Å². The standard InChI is InChI=1S/C18H23N5O2/c1-12-8-9-16(21-19-12)23-10-4-5-13(23)11-25-18(24)17-14-6-2-3-7-15(14)20-22-17/h8-9,13H,2-7,10-11H2,1H3,(H,20,22)/t13-/m1/s1. The summed E-state index contributed by atoms with van der Waals surface area (Å²) in [6.45, 7) is 3.19. The molecule has 2 aliphatic rings. The topological polar surface area (TPSA) is 84.0 Å². The van der Waals surface area contributed by atoms with E-state index in [1.165, 1.54) is 0 Å². The number of H-pyrrole nitrogens is 1. The van der Waals surface area contributed by atoms with Crippen LogP contribution in [0.1, 0.15) is 53.1 Å². The van der Waals surface area contributed by atoms with E-state index in [2.05, 4.69) is 25.3 Å². The maximum atomic E-state index is 12.5. The monoisotopic (exact) mass is 341 g/mol. The van der Waals surface area contributed by atoms with Gasteiger partial charge < -0.3 is 9.64 Å². The Bertz CT molecular complexity index is 755. The van der Waals surface area contributed by atoms with E-state index in [1.807, 2.05) is 19.1 Å². The molecule has 1 aliphatic heterocycles. The molecule has 1 saturated heterocycles. The average Bonchev–Trinajstić information content (AvgIpc) is 3.27. The molecule has 0 bridgehead atoms. The van der Waals surface area contributed by atoms with E-state index >= 15 is 0 Å². The molecule has 132 valence electrons. The number of aromatic amines is 1. The summed E-state index contributed by atoms with van der Waals surface area (Å²) in [6, 6.07) is 4.09. The molecule has 1 fully saturated rings. The maximum Gasteiger partial charge on any atom is 0.359 e. The second-order valence-corrected chi connectivity index (χ2v) is 6.86. The van der Waals surface area contributed by atoms with Gasteiger partial charge in [-0.1, -0.05) is 0 Å². The molecule has 1 aliphatic carbocycles. The van der Waals surface area contributed by atoms with Crippen molar-refractivity contribution in [3.63, 3.8) is 0 Å². The molecular weight excluding hydrogens is 318 g/mol. The molecule has 4 rings (SSSR count). The quantitative estimate of drug-likeness (QED) is 0.859. The number of nitrogens with zero attached hydrogens (tertiary/aromatic N) is 4. The Labute approximate surface area is 146 Å². The summed E-state index contributed by atoms with van der Waals surface area (Å²) in [4.78, 5) is 14.7. The zero-order valence-corrected chi connectivity index (χ0v) is 14.5. The lowest BCUT2D eigenvalue weighted by Crippen LogP contribution is -2.34. The van der Waals surface area contributed by atoms with Gasteiger partial charge in [-0.2, -0.15) is 10.2 Å². The molecule has 0 radical (unpaired) electrons. The van der Waals surface area contributed by atoms with Crippen molar-refractivity contribution in [3.05, 3.63) is 34.8 Å². The Morgan fingerprint density at radius 1 is 1.28 bits per heavy atom. The van der Waals surface area contributed by atoms with Gasteiger partial charge in [0.25, 0.3) is 0 Å². The van der Waals surface area contributed by atoms with E-state index in [-0.39, 0.29) is 12.0 Å². The SMILES string of the molecule is Cc1ccc(N2CCC[C@@H]2COC(=O)c2n[nH]c3c2CCCC3)nn1. The molecular formula is C18H23N5O2. The van der Waals surface area contributed by atoms with Crippen LogP contribution >= 0.6 is 0 Å². The zero-order valence-electron chi connectivity index (χ0n) is 14.5. The predicted octanol–water partition coefficient (Wildman–Crippen LogP) is 2.21. The molecule has 1 N–H and O–H groups in total. The van der Waals surface area contributed by atoms with E-state index in [4.69, 9.17) is 4.74 Å². The fraction of sp³-hybridized carbons (Fsp3) is 0.556. The van der Waals surface area contributed by atoms with Crippen molar-refractivity contribution in [1.29, 1.82) is 0 Å². The van der Waals surface area contributed by atoms with Gasteiger partial charge in [-0.25, -0.2) is 4.79 Å². The molecule has 0 aromatic carbocycles. The Morgan fingerprint density at radius 3 is 3.00 bits per heavy atom. The van der Waals surface area contributed by atoms with Crippen LogP contribution in [0.4, 0.5) is 5.82 Å². The number of carbonyl (C=O) groups is 1. The third-order valence-electron chi connectivity index (χ3n) is 5.11. The molecule has 0 amide bonds. The lowest BCUT2D eigenvalue weighted by atomic mass is 9.96. The number of aryl methyl sites for hydroxylation is 2. The third-order valence-corrected chi connectivity index (χ3v) is 5.11. The van der Waals surface area contributed by atoms with Gasteiger partial charge in [0.15, 0.2) is 11.5 Å². The molecule has 0 saturated carbocycles. The number of aromatic nitrogens is 4. The molecule has 2 aromatic rings. The largest absolute Gasteiger partial charge is 0.459 e. The molecule has 2 aromatic heterocycles. The molecule has 7 heteroatoms. The second kappa shape index (κ2) is 6.82. The Kier molecular flexibility index (Phi) is 4.38. The van der Waals surface area contributed by atoms with E-state index in [0.29, 0.717) is 12.3 Å². The minimum absolute atomic E-state index is 0.149. The Balaban J connectivity index is 1.41. The number of nitrogens with one attached hydrogen (secondary N) is 1. The van der Waals surface area contributed by atoms with Crippen molar-refractivity contribution in [2.45, 2.75) is 51.5 Å². The van der Waals surface area contributed by atoms with Gasteiger partial charge in [0.05, 0.1) is 11.7 Å². The second-order valence-electron chi connectivity index (χ2n) is 6.86. The van der Waals surface area contributed by atoms with Gasteiger partial charge in [0, 0.05) is 17.8 Å². The number of hydrogen-bond acceptors (Lipinski definition) is 6. The van der Waals surface area contributed by atoms with Gasteiger partial charge in [0.1, 0.15) is 6.61 Å². The summed E-state index contributed by atoms with van der Waals surface area (Å²) in [7, 11) is 0. The fourth-order valence-electron chi connectivity index (χ4n) is 3.75. The highest BCUT2D eigenvalue weighted by Gasteiger charge is 2.29. The van der Waals surface area contributed by atoms with Crippen molar-refractivity contribution in [1.82, 2.24) is 20.4 Å². The van der Waals surface area contributed by atoms with Crippen LogP contribution in [0.15, 0.2) is 12.1 Å². The summed E-state index contributed by atoms with van der Waals surface area (Å²) < 4.78 is 5.60. The van der Waals surface area contributed by atoms with Crippen LogP contribution in [0, 0.1) is 6.92 Å². The molecule has 0 spiro atoms.